The third-order valence-electron chi connectivity index (χ3n) is 3.79. The summed E-state index contributed by atoms with van der Waals surface area (Å²) < 4.78 is 5.16. The van der Waals surface area contributed by atoms with Crippen molar-refractivity contribution in [3.63, 3.8) is 0 Å². The lowest BCUT2D eigenvalue weighted by atomic mass is 10.1. The number of nitrogens with one attached hydrogen (secondary N) is 1. The predicted octanol–water partition coefficient (Wildman–Crippen LogP) is 2.25. The molecule has 1 heterocycles. The zero-order valence-corrected chi connectivity index (χ0v) is 13.6. The summed E-state index contributed by atoms with van der Waals surface area (Å²) in [5, 5.41) is 3.46. The van der Waals surface area contributed by atoms with E-state index in [-0.39, 0.29) is 5.91 Å². The number of carbonyl (C=O) groups is 1. The second kappa shape index (κ2) is 8.41. The van der Waals surface area contributed by atoms with Gasteiger partial charge in [0.25, 0.3) is 5.91 Å². The molecule has 1 aromatic carbocycles. The first-order chi connectivity index (χ1) is 10.3. The molecule has 1 fully saturated rings. The van der Waals surface area contributed by atoms with Gasteiger partial charge in [-0.15, -0.1) is 11.8 Å². The largest absolute Gasteiger partial charge is 0.383 e. The molecule has 116 valence electrons. The van der Waals surface area contributed by atoms with Gasteiger partial charge < -0.3 is 15.0 Å². The lowest BCUT2D eigenvalue weighted by Crippen LogP contribution is -2.42. The third kappa shape index (κ3) is 4.46. The number of hydrogen-bond acceptors (Lipinski definition) is 4. The maximum atomic E-state index is 12.8. The molecule has 0 saturated carbocycles. The SMILES string of the molecule is COCCN(CC1CCCN1)C(=O)c1ccccc1SC. The number of benzene rings is 1. The third-order valence-corrected chi connectivity index (χ3v) is 4.59. The molecule has 21 heavy (non-hydrogen) atoms. The van der Waals surface area contributed by atoms with Crippen molar-refractivity contribution in [2.24, 2.45) is 0 Å². The van der Waals surface area contributed by atoms with Crippen LogP contribution in [0.15, 0.2) is 29.2 Å². The Morgan fingerprint density at radius 2 is 2.29 bits per heavy atom. The van der Waals surface area contributed by atoms with Crippen molar-refractivity contribution in [3.05, 3.63) is 29.8 Å². The molecule has 1 saturated heterocycles. The standard InChI is InChI=1S/C16H24N2O2S/c1-20-11-10-18(12-13-6-5-9-17-13)16(19)14-7-3-4-8-15(14)21-2/h3-4,7-8,13,17H,5-6,9-12H2,1-2H3. The van der Waals surface area contributed by atoms with Crippen molar-refractivity contribution in [2.75, 3.05) is 39.6 Å². The number of ether oxygens (including phenoxy) is 1. The van der Waals surface area contributed by atoms with E-state index in [2.05, 4.69) is 5.32 Å². The topological polar surface area (TPSA) is 41.6 Å². The van der Waals surface area contributed by atoms with E-state index in [4.69, 9.17) is 4.74 Å². The molecular formula is C16H24N2O2S. The zero-order chi connectivity index (χ0) is 15.1. The summed E-state index contributed by atoms with van der Waals surface area (Å²) in [5.41, 5.74) is 0.791. The van der Waals surface area contributed by atoms with E-state index in [1.807, 2.05) is 35.4 Å². The summed E-state index contributed by atoms with van der Waals surface area (Å²) >= 11 is 1.61. The summed E-state index contributed by atoms with van der Waals surface area (Å²) in [6.07, 6.45) is 4.34. The number of amides is 1. The number of hydrogen-bond donors (Lipinski definition) is 1. The number of thioether (sulfide) groups is 1. The molecule has 5 heteroatoms. The fourth-order valence-corrected chi connectivity index (χ4v) is 3.24. The van der Waals surface area contributed by atoms with Crippen LogP contribution in [0.2, 0.25) is 0 Å². The molecule has 4 nitrogen and oxygen atoms in total. The fourth-order valence-electron chi connectivity index (χ4n) is 2.65. The highest BCUT2D eigenvalue weighted by molar-refractivity contribution is 7.98. The van der Waals surface area contributed by atoms with Crippen molar-refractivity contribution >= 4 is 17.7 Å². The molecule has 1 aliphatic heterocycles. The molecule has 0 spiro atoms. The maximum Gasteiger partial charge on any atom is 0.255 e. The van der Waals surface area contributed by atoms with Crippen molar-refractivity contribution in [3.8, 4) is 0 Å². The molecule has 0 aliphatic carbocycles. The quantitative estimate of drug-likeness (QED) is 0.785. The van der Waals surface area contributed by atoms with Crippen LogP contribution in [0.4, 0.5) is 0 Å². The van der Waals surface area contributed by atoms with Gasteiger partial charge in [0.2, 0.25) is 0 Å². The molecule has 1 N–H and O–H groups in total. The smallest absolute Gasteiger partial charge is 0.255 e. The Hall–Kier alpha value is -1.04. The van der Waals surface area contributed by atoms with Gasteiger partial charge in [-0.25, -0.2) is 0 Å². The van der Waals surface area contributed by atoms with Crippen LogP contribution in [0, 0.1) is 0 Å². The Balaban J connectivity index is 2.11. The van der Waals surface area contributed by atoms with Gasteiger partial charge >= 0.3 is 0 Å². The van der Waals surface area contributed by atoms with Gasteiger partial charge in [-0.3, -0.25) is 4.79 Å². The Morgan fingerprint density at radius 3 is 2.95 bits per heavy atom. The van der Waals surface area contributed by atoms with Crippen LogP contribution in [-0.2, 0) is 4.74 Å². The van der Waals surface area contributed by atoms with E-state index in [0.29, 0.717) is 19.2 Å². The van der Waals surface area contributed by atoms with Gasteiger partial charge in [-0.1, -0.05) is 12.1 Å². The van der Waals surface area contributed by atoms with E-state index in [9.17, 15) is 4.79 Å². The van der Waals surface area contributed by atoms with Crippen LogP contribution < -0.4 is 5.32 Å². The van der Waals surface area contributed by atoms with Crippen LogP contribution in [0.3, 0.4) is 0 Å². The summed E-state index contributed by atoms with van der Waals surface area (Å²) in [4.78, 5) is 15.8. The molecule has 0 bridgehead atoms. The average molecular weight is 308 g/mol. The predicted molar refractivity (Wildman–Crippen MR) is 87.0 cm³/mol. The summed E-state index contributed by atoms with van der Waals surface area (Å²) in [7, 11) is 1.67. The highest BCUT2D eigenvalue weighted by Gasteiger charge is 2.23. The molecular weight excluding hydrogens is 284 g/mol. The van der Waals surface area contributed by atoms with Crippen molar-refractivity contribution in [1.29, 1.82) is 0 Å². The van der Waals surface area contributed by atoms with Crippen LogP contribution >= 0.6 is 11.8 Å². The first-order valence-corrected chi connectivity index (χ1v) is 8.63. The van der Waals surface area contributed by atoms with Crippen molar-refractivity contribution < 1.29 is 9.53 Å². The minimum absolute atomic E-state index is 0.103. The summed E-state index contributed by atoms with van der Waals surface area (Å²) in [6, 6.07) is 8.22. The van der Waals surface area contributed by atoms with Gasteiger partial charge in [-0.05, 0) is 37.8 Å². The summed E-state index contributed by atoms with van der Waals surface area (Å²) in [5.74, 6) is 0.103. The minimum atomic E-state index is 0.103. The van der Waals surface area contributed by atoms with Gasteiger partial charge in [0.15, 0.2) is 0 Å². The van der Waals surface area contributed by atoms with Crippen LogP contribution in [0.25, 0.3) is 0 Å². The Bertz CT molecular complexity index is 461. The molecule has 1 unspecified atom stereocenters. The van der Waals surface area contributed by atoms with E-state index >= 15 is 0 Å². The molecule has 1 atom stereocenters. The molecule has 1 aromatic rings. The second-order valence-corrected chi connectivity index (χ2v) is 6.09. The number of methoxy groups -OCH3 is 1. The summed E-state index contributed by atoms with van der Waals surface area (Å²) in [6.45, 7) is 3.01. The normalized spacial score (nSPS) is 17.9. The monoisotopic (exact) mass is 308 g/mol. The minimum Gasteiger partial charge on any atom is -0.383 e. The lowest BCUT2D eigenvalue weighted by Gasteiger charge is -2.26. The second-order valence-electron chi connectivity index (χ2n) is 5.24. The Kier molecular flexibility index (Phi) is 6.54. The van der Waals surface area contributed by atoms with Crippen LogP contribution in [0.1, 0.15) is 23.2 Å². The Morgan fingerprint density at radius 1 is 1.48 bits per heavy atom. The highest BCUT2D eigenvalue weighted by Crippen LogP contribution is 2.22. The fraction of sp³-hybridized carbons (Fsp3) is 0.562. The first kappa shape index (κ1) is 16.3. The van der Waals surface area contributed by atoms with Gasteiger partial charge in [0.1, 0.15) is 0 Å². The number of nitrogens with zero attached hydrogens (tertiary/aromatic N) is 1. The lowest BCUT2D eigenvalue weighted by molar-refractivity contribution is 0.0676. The van der Waals surface area contributed by atoms with E-state index in [1.165, 1.54) is 6.42 Å². The number of carbonyl (C=O) groups excluding carboxylic acids is 1. The first-order valence-electron chi connectivity index (χ1n) is 7.41. The Labute approximate surface area is 131 Å². The average Bonchev–Trinajstić information content (AvgIpc) is 3.03. The molecule has 1 aliphatic rings. The maximum absolute atomic E-state index is 12.8. The van der Waals surface area contributed by atoms with Gasteiger partial charge in [-0.2, -0.15) is 0 Å². The molecule has 0 radical (unpaired) electrons. The van der Waals surface area contributed by atoms with Crippen molar-refractivity contribution in [2.45, 2.75) is 23.8 Å². The van der Waals surface area contributed by atoms with E-state index in [0.717, 1.165) is 30.0 Å². The van der Waals surface area contributed by atoms with Gasteiger partial charge in [0, 0.05) is 31.1 Å². The molecule has 1 amide bonds. The van der Waals surface area contributed by atoms with Crippen LogP contribution in [-0.4, -0.2) is 56.5 Å². The molecule has 2 rings (SSSR count). The molecule has 0 aromatic heterocycles. The highest BCUT2D eigenvalue weighted by atomic mass is 32.2. The zero-order valence-electron chi connectivity index (χ0n) is 12.8. The van der Waals surface area contributed by atoms with E-state index < -0.39 is 0 Å². The van der Waals surface area contributed by atoms with E-state index in [1.54, 1.807) is 18.9 Å². The van der Waals surface area contributed by atoms with Crippen LogP contribution in [0.5, 0.6) is 0 Å². The van der Waals surface area contributed by atoms with Crippen molar-refractivity contribution in [1.82, 2.24) is 10.2 Å². The van der Waals surface area contributed by atoms with Gasteiger partial charge in [0.05, 0.1) is 12.2 Å². The number of rotatable bonds is 7.